The van der Waals surface area contributed by atoms with E-state index in [0.29, 0.717) is 0 Å². The van der Waals surface area contributed by atoms with Gasteiger partial charge >= 0.3 is 0 Å². The molecular weight excluding hydrogens is 152 g/mol. The largest absolute Gasteiger partial charge is 0.348 e. The minimum atomic E-state index is 0.160. The molecule has 0 bridgehead atoms. The average Bonchev–Trinajstić information content (AvgIpc) is 2.47. The average molecular weight is 164 g/mol. The molecule has 12 heavy (non-hydrogen) atoms. The topological polar surface area (TPSA) is 52.7 Å². The summed E-state index contributed by atoms with van der Waals surface area (Å²) in [5, 5.41) is 6.82. The SMILES string of the molecule is c1nc2c([nH]1)CCNC21CNC1. The summed E-state index contributed by atoms with van der Waals surface area (Å²) >= 11 is 0. The molecule has 2 aliphatic rings. The predicted molar refractivity (Wildman–Crippen MR) is 44.8 cm³/mol. The van der Waals surface area contributed by atoms with Gasteiger partial charge in [0.05, 0.1) is 17.6 Å². The fourth-order valence-electron chi connectivity index (χ4n) is 2.10. The summed E-state index contributed by atoms with van der Waals surface area (Å²) in [5.41, 5.74) is 2.70. The van der Waals surface area contributed by atoms with Gasteiger partial charge in [0, 0.05) is 31.7 Å². The zero-order valence-corrected chi connectivity index (χ0v) is 6.85. The maximum Gasteiger partial charge on any atom is 0.0926 e. The van der Waals surface area contributed by atoms with Crippen molar-refractivity contribution in [2.24, 2.45) is 0 Å². The molecule has 0 aliphatic carbocycles. The van der Waals surface area contributed by atoms with E-state index in [0.717, 1.165) is 26.1 Å². The van der Waals surface area contributed by atoms with Crippen molar-refractivity contribution >= 4 is 0 Å². The monoisotopic (exact) mass is 164 g/mol. The maximum absolute atomic E-state index is 4.37. The number of nitrogens with zero attached hydrogens (tertiary/aromatic N) is 1. The first-order valence-electron chi connectivity index (χ1n) is 4.39. The molecule has 1 aromatic rings. The number of aromatic amines is 1. The van der Waals surface area contributed by atoms with Gasteiger partial charge < -0.3 is 15.6 Å². The molecule has 4 nitrogen and oxygen atoms in total. The summed E-state index contributed by atoms with van der Waals surface area (Å²) < 4.78 is 0. The summed E-state index contributed by atoms with van der Waals surface area (Å²) in [6, 6.07) is 0. The summed E-state index contributed by atoms with van der Waals surface area (Å²) in [6.07, 6.45) is 2.88. The first-order chi connectivity index (χ1) is 5.91. The van der Waals surface area contributed by atoms with Gasteiger partial charge in [-0.3, -0.25) is 0 Å². The van der Waals surface area contributed by atoms with Crippen LogP contribution >= 0.6 is 0 Å². The Bertz CT molecular complexity index is 300. The maximum atomic E-state index is 4.37. The minimum Gasteiger partial charge on any atom is -0.348 e. The normalized spacial score (nSPS) is 25.0. The molecule has 0 unspecified atom stereocenters. The molecule has 0 radical (unpaired) electrons. The van der Waals surface area contributed by atoms with Crippen LogP contribution < -0.4 is 10.6 Å². The van der Waals surface area contributed by atoms with Gasteiger partial charge in [0.2, 0.25) is 0 Å². The number of imidazole rings is 1. The lowest BCUT2D eigenvalue weighted by Crippen LogP contribution is -2.67. The number of hydrogen-bond donors (Lipinski definition) is 3. The van der Waals surface area contributed by atoms with Crippen molar-refractivity contribution in [1.82, 2.24) is 20.6 Å². The molecule has 0 atom stereocenters. The van der Waals surface area contributed by atoms with Gasteiger partial charge in [-0.2, -0.15) is 0 Å². The third kappa shape index (κ3) is 0.665. The summed E-state index contributed by atoms with van der Waals surface area (Å²) in [5.74, 6) is 0. The van der Waals surface area contributed by atoms with Crippen LogP contribution in [0.3, 0.4) is 0 Å². The standard InChI is InChI=1S/C8H12N4/c1-2-12-8(3-9-4-8)7-6(1)10-5-11-7/h5,9,12H,1-4H2,(H,10,11). The van der Waals surface area contributed by atoms with Crippen molar-refractivity contribution in [2.45, 2.75) is 12.0 Å². The highest BCUT2D eigenvalue weighted by Gasteiger charge is 2.43. The summed E-state index contributed by atoms with van der Waals surface area (Å²) in [6.45, 7) is 3.10. The fraction of sp³-hybridized carbons (Fsp3) is 0.625. The molecule has 1 fully saturated rings. The zero-order valence-electron chi connectivity index (χ0n) is 6.85. The molecule has 1 saturated heterocycles. The van der Waals surface area contributed by atoms with Gasteiger partial charge in [-0.25, -0.2) is 4.98 Å². The van der Waals surface area contributed by atoms with Gasteiger partial charge in [-0.15, -0.1) is 0 Å². The van der Waals surface area contributed by atoms with Crippen LogP contribution in [0.2, 0.25) is 0 Å². The number of aromatic nitrogens is 2. The zero-order chi connectivity index (χ0) is 8.02. The van der Waals surface area contributed by atoms with Gasteiger partial charge in [-0.1, -0.05) is 0 Å². The molecule has 0 saturated carbocycles. The Morgan fingerprint density at radius 2 is 2.33 bits per heavy atom. The van der Waals surface area contributed by atoms with E-state index in [9.17, 15) is 0 Å². The second-order valence-electron chi connectivity index (χ2n) is 3.59. The Labute approximate surface area is 70.8 Å². The Morgan fingerprint density at radius 1 is 1.42 bits per heavy atom. The Hall–Kier alpha value is -0.870. The van der Waals surface area contributed by atoms with Crippen molar-refractivity contribution in [1.29, 1.82) is 0 Å². The van der Waals surface area contributed by atoms with Crippen LogP contribution in [0.1, 0.15) is 11.4 Å². The molecule has 0 amide bonds. The second-order valence-corrected chi connectivity index (χ2v) is 3.59. The quantitative estimate of drug-likeness (QED) is 0.478. The first-order valence-corrected chi connectivity index (χ1v) is 4.39. The van der Waals surface area contributed by atoms with E-state index >= 15 is 0 Å². The third-order valence-corrected chi connectivity index (χ3v) is 2.86. The van der Waals surface area contributed by atoms with E-state index < -0.39 is 0 Å². The number of hydrogen-bond acceptors (Lipinski definition) is 3. The minimum absolute atomic E-state index is 0.160. The third-order valence-electron chi connectivity index (χ3n) is 2.86. The van der Waals surface area contributed by atoms with Crippen LogP contribution in [0.5, 0.6) is 0 Å². The number of fused-ring (bicyclic) bond motifs is 2. The lowest BCUT2D eigenvalue weighted by Gasteiger charge is -2.45. The molecule has 0 aromatic carbocycles. The molecule has 1 spiro atoms. The molecular formula is C8H12N4. The molecule has 64 valence electrons. The number of nitrogens with one attached hydrogen (secondary N) is 3. The number of rotatable bonds is 0. The van der Waals surface area contributed by atoms with Crippen LogP contribution in [-0.2, 0) is 12.0 Å². The molecule has 3 N–H and O–H groups in total. The predicted octanol–water partition coefficient (Wildman–Crippen LogP) is -0.646. The van der Waals surface area contributed by atoms with E-state index in [4.69, 9.17) is 0 Å². The second kappa shape index (κ2) is 2.08. The summed E-state index contributed by atoms with van der Waals surface area (Å²) in [4.78, 5) is 7.58. The highest BCUT2D eigenvalue weighted by molar-refractivity contribution is 5.29. The Morgan fingerprint density at radius 3 is 3.08 bits per heavy atom. The van der Waals surface area contributed by atoms with Crippen molar-refractivity contribution < 1.29 is 0 Å². The van der Waals surface area contributed by atoms with Crippen molar-refractivity contribution in [3.05, 3.63) is 17.7 Å². The summed E-state index contributed by atoms with van der Waals surface area (Å²) in [7, 11) is 0. The van der Waals surface area contributed by atoms with E-state index in [1.807, 2.05) is 0 Å². The van der Waals surface area contributed by atoms with Crippen molar-refractivity contribution in [3.8, 4) is 0 Å². The first kappa shape index (κ1) is 6.62. The molecule has 1 aromatic heterocycles. The molecule has 3 heterocycles. The van der Waals surface area contributed by atoms with Crippen molar-refractivity contribution in [3.63, 3.8) is 0 Å². The van der Waals surface area contributed by atoms with E-state index in [1.165, 1.54) is 11.4 Å². The van der Waals surface area contributed by atoms with Crippen LogP contribution in [0.15, 0.2) is 6.33 Å². The Balaban J connectivity index is 2.09. The lowest BCUT2D eigenvalue weighted by molar-refractivity contribution is 0.200. The van der Waals surface area contributed by atoms with Gasteiger partial charge in [-0.05, 0) is 0 Å². The highest BCUT2D eigenvalue weighted by atomic mass is 15.2. The van der Waals surface area contributed by atoms with Crippen LogP contribution in [0.4, 0.5) is 0 Å². The van der Waals surface area contributed by atoms with E-state index in [1.54, 1.807) is 6.33 Å². The van der Waals surface area contributed by atoms with E-state index in [-0.39, 0.29) is 5.54 Å². The lowest BCUT2D eigenvalue weighted by atomic mass is 9.84. The van der Waals surface area contributed by atoms with Gasteiger partial charge in [0.15, 0.2) is 0 Å². The van der Waals surface area contributed by atoms with Crippen LogP contribution in [0.25, 0.3) is 0 Å². The van der Waals surface area contributed by atoms with Crippen LogP contribution in [-0.4, -0.2) is 29.6 Å². The molecule has 4 heteroatoms. The number of H-pyrrole nitrogens is 1. The van der Waals surface area contributed by atoms with E-state index in [2.05, 4.69) is 20.6 Å². The smallest absolute Gasteiger partial charge is 0.0926 e. The van der Waals surface area contributed by atoms with Crippen molar-refractivity contribution in [2.75, 3.05) is 19.6 Å². The highest BCUT2D eigenvalue weighted by Crippen LogP contribution is 2.28. The fourth-order valence-corrected chi connectivity index (χ4v) is 2.10. The molecule has 3 rings (SSSR count). The van der Waals surface area contributed by atoms with Gasteiger partial charge in [0.1, 0.15) is 0 Å². The van der Waals surface area contributed by atoms with Gasteiger partial charge in [0.25, 0.3) is 0 Å². The Kier molecular flexibility index (Phi) is 1.15. The van der Waals surface area contributed by atoms with Crippen LogP contribution in [0, 0.1) is 0 Å². The molecule has 2 aliphatic heterocycles.